The second-order valence-corrected chi connectivity index (χ2v) is 3.85. The Labute approximate surface area is 98.5 Å². The van der Waals surface area contributed by atoms with Gasteiger partial charge in [0, 0.05) is 17.4 Å². The van der Waals surface area contributed by atoms with Crippen molar-refractivity contribution in [3.05, 3.63) is 48.8 Å². The highest BCUT2D eigenvalue weighted by molar-refractivity contribution is 5.65. The zero-order valence-electron chi connectivity index (χ0n) is 9.14. The van der Waals surface area contributed by atoms with Crippen LogP contribution >= 0.6 is 0 Å². The predicted molar refractivity (Wildman–Crippen MR) is 68.2 cm³/mol. The van der Waals surface area contributed by atoms with Gasteiger partial charge >= 0.3 is 0 Å². The van der Waals surface area contributed by atoms with Crippen molar-refractivity contribution in [2.75, 3.05) is 5.73 Å². The second kappa shape index (κ2) is 3.83. The third-order valence-corrected chi connectivity index (χ3v) is 2.62. The molecule has 17 heavy (non-hydrogen) atoms. The first kappa shape index (κ1) is 9.72. The molecular weight excluding hydrogens is 212 g/mol. The largest absolute Gasteiger partial charge is 0.399 e. The van der Waals surface area contributed by atoms with E-state index >= 15 is 0 Å². The molecule has 0 saturated carbocycles. The molecule has 3 aromatic rings. The van der Waals surface area contributed by atoms with E-state index in [4.69, 9.17) is 5.73 Å². The Hall–Kier alpha value is -2.49. The standard InChI is InChI=1S/C13H12N4/c14-10-4-1-3-9(7-10)13-16-8-12(17-13)11-5-2-6-15-11/h1-8,15H,14H2,(H,16,17). The third kappa shape index (κ3) is 1.80. The molecule has 0 spiro atoms. The van der Waals surface area contributed by atoms with Crippen LogP contribution in [0.25, 0.3) is 22.8 Å². The summed E-state index contributed by atoms with van der Waals surface area (Å²) in [5.41, 5.74) is 9.46. The Balaban J connectivity index is 2.01. The summed E-state index contributed by atoms with van der Waals surface area (Å²) in [6.07, 6.45) is 3.70. The number of rotatable bonds is 2. The van der Waals surface area contributed by atoms with Crippen LogP contribution in [0, 0.1) is 0 Å². The van der Waals surface area contributed by atoms with Gasteiger partial charge in [0.2, 0.25) is 0 Å². The van der Waals surface area contributed by atoms with E-state index in [9.17, 15) is 0 Å². The average molecular weight is 224 g/mol. The number of nitrogens with one attached hydrogen (secondary N) is 2. The first-order valence-corrected chi connectivity index (χ1v) is 5.37. The van der Waals surface area contributed by atoms with Crippen molar-refractivity contribution >= 4 is 5.69 Å². The van der Waals surface area contributed by atoms with E-state index in [1.165, 1.54) is 0 Å². The molecule has 0 aliphatic heterocycles. The highest BCUT2D eigenvalue weighted by Gasteiger charge is 2.05. The Kier molecular flexibility index (Phi) is 2.19. The molecule has 0 bridgehead atoms. The van der Waals surface area contributed by atoms with Gasteiger partial charge in [0.1, 0.15) is 5.82 Å². The lowest BCUT2D eigenvalue weighted by molar-refractivity contribution is 1.30. The number of nitrogens with zero attached hydrogens (tertiary/aromatic N) is 1. The van der Waals surface area contributed by atoms with Gasteiger partial charge in [-0.15, -0.1) is 0 Å². The summed E-state index contributed by atoms with van der Waals surface area (Å²) in [6.45, 7) is 0. The van der Waals surface area contributed by atoms with Crippen LogP contribution in [-0.2, 0) is 0 Å². The predicted octanol–water partition coefficient (Wildman–Crippen LogP) is 2.65. The minimum Gasteiger partial charge on any atom is -0.399 e. The summed E-state index contributed by atoms with van der Waals surface area (Å²) in [4.78, 5) is 10.7. The van der Waals surface area contributed by atoms with E-state index in [1.54, 1.807) is 0 Å². The maximum absolute atomic E-state index is 5.75. The lowest BCUT2D eigenvalue weighted by atomic mass is 10.2. The molecule has 4 heteroatoms. The first-order chi connectivity index (χ1) is 8.33. The molecule has 0 atom stereocenters. The van der Waals surface area contributed by atoms with E-state index in [2.05, 4.69) is 15.0 Å². The number of aromatic amines is 2. The number of nitrogens with two attached hydrogens (primary N) is 1. The number of hydrogen-bond donors (Lipinski definition) is 3. The topological polar surface area (TPSA) is 70.5 Å². The highest BCUT2D eigenvalue weighted by atomic mass is 14.9. The minimum atomic E-state index is 0.736. The van der Waals surface area contributed by atoms with E-state index < -0.39 is 0 Å². The van der Waals surface area contributed by atoms with Gasteiger partial charge in [0.25, 0.3) is 0 Å². The fraction of sp³-hybridized carbons (Fsp3) is 0. The van der Waals surface area contributed by atoms with Crippen molar-refractivity contribution in [3.63, 3.8) is 0 Å². The third-order valence-electron chi connectivity index (χ3n) is 2.62. The molecule has 0 aliphatic rings. The summed E-state index contributed by atoms with van der Waals surface area (Å²) in [6, 6.07) is 11.6. The van der Waals surface area contributed by atoms with Crippen LogP contribution in [0.5, 0.6) is 0 Å². The Bertz CT molecular complexity index is 622. The van der Waals surface area contributed by atoms with E-state index in [0.29, 0.717) is 0 Å². The fourth-order valence-electron chi connectivity index (χ4n) is 1.79. The lowest BCUT2D eigenvalue weighted by Gasteiger charge is -1.98. The lowest BCUT2D eigenvalue weighted by Crippen LogP contribution is -1.86. The van der Waals surface area contributed by atoms with Crippen LogP contribution in [0.15, 0.2) is 48.8 Å². The van der Waals surface area contributed by atoms with Crippen molar-refractivity contribution in [1.82, 2.24) is 15.0 Å². The Morgan fingerprint density at radius 2 is 2.00 bits per heavy atom. The minimum absolute atomic E-state index is 0.736. The molecule has 4 N–H and O–H groups in total. The molecule has 2 aromatic heterocycles. The number of aromatic nitrogens is 3. The van der Waals surface area contributed by atoms with Gasteiger partial charge in [-0.25, -0.2) is 4.98 Å². The molecule has 0 fully saturated rings. The molecule has 3 rings (SSSR count). The molecular formula is C13H12N4. The average Bonchev–Trinajstić information content (AvgIpc) is 3.00. The van der Waals surface area contributed by atoms with Crippen LogP contribution < -0.4 is 5.73 Å². The van der Waals surface area contributed by atoms with Crippen molar-refractivity contribution in [2.24, 2.45) is 0 Å². The van der Waals surface area contributed by atoms with Crippen LogP contribution in [0.4, 0.5) is 5.69 Å². The zero-order chi connectivity index (χ0) is 11.7. The van der Waals surface area contributed by atoms with Crippen LogP contribution in [0.2, 0.25) is 0 Å². The number of imidazole rings is 1. The summed E-state index contributed by atoms with van der Waals surface area (Å²) >= 11 is 0. The SMILES string of the molecule is Nc1cccc(-c2ncc(-c3ccc[nH]3)[nH]2)c1. The molecule has 0 saturated heterocycles. The van der Waals surface area contributed by atoms with Gasteiger partial charge in [0.15, 0.2) is 0 Å². The summed E-state index contributed by atoms with van der Waals surface area (Å²) in [5, 5.41) is 0. The molecule has 2 heterocycles. The quantitative estimate of drug-likeness (QED) is 0.585. The van der Waals surface area contributed by atoms with Gasteiger partial charge in [-0.2, -0.15) is 0 Å². The van der Waals surface area contributed by atoms with Gasteiger partial charge in [-0.05, 0) is 24.3 Å². The van der Waals surface area contributed by atoms with E-state index in [-0.39, 0.29) is 0 Å². The van der Waals surface area contributed by atoms with Crippen LogP contribution in [0.3, 0.4) is 0 Å². The molecule has 4 nitrogen and oxygen atoms in total. The number of hydrogen-bond acceptors (Lipinski definition) is 2. The van der Waals surface area contributed by atoms with Crippen molar-refractivity contribution in [2.45, 2.75) is 0 Å². The summed E-state index contributed by atoms with van der Waals surface area (Å²) < 4.78 is 0. The second-order valence-electron chi connectivity index (χ2n) is 3.85. The van der Waals surface area contributed by atoms with Gasteiger partial charge in [-0.3, -0.25) is 0 Å². The normalized spacial score (nSPS) is 10.6. The Morgan fingerprint density at radius 3 is 2.76 bits per heavy atom. The summed E-state index contributed by atoms with van der Waals surface area (Å²) in [5.74, 6) is 0.821. The molecule has 0 amide bonds. The van der Waals surface area contributed by atoms with Gasteiger partial charge < -0.3 is 15.7 Å². The maximum atomic E-state index is 5.75. The monoisotopic (exact) mass is 224 g/mol. The van der Waals surface area contributed by atoms with E-state index in [1.807, 2.05) is 48.8 Å². The van der Waals surface area contributed by atoms with Gasteiger partial charge in [-0.1, -0.05) is 12.1 Å². The van der Waals surface area contributed by atoms with Crippen LogP contribution in [0.1, 0.15) is 0 Å². The highest BCUT2D eigenvalue weighted by Crippen LogP contribution is 2.22. The number of H-pyrrole nitrogens is 2. The summed E-state index contributed by atoms with van der Waals surface area (Å²) in [7, 11) is 0. The van der Waals surface area contributed by atoms with Gasteiger partial charge in [0.05, 0.1) is 17.6 Å². The maximum Gasteiger partial charge on any atom is 0.137 e. The first-order valence-electron chi connectivity index (χ1n) is 5.37. The molecule has 0 unspecified atom stereocenters. The Morgan fingerprint density at radius 1 is 1.06 bits per heavy atom. The smallest absolute Gasteiger partial charge is 0.137 e. The fourth-order valence-corrected chi connectivity index (χ4v) is 1.79. The van der Waals surface area contributed by atoms with Crippen molar-refractivity contribution in [3.8, 4) is 22.8 Å². The van der Waals surface area contributed by atoms with Crippen LogP contribution in [-0.4, -0.2) is 15.0 Å². The molecule has 1 aromatic carbocycles. The molecule has 0 aliphatic carbocycles. The van der Waals surface area contributed by atoms with E-state index in [0.717, 1.165) is 28.5 Å². The zero-order valence-corrected chi connectivity index (χ0v) is 9.14. The number of nitrogen functional groups attached to an aromatic ring is 1. The molecule has 84 valence electrons. The molecule has 0 radical (unpaired) electrons. The van der Waals surface area contributed by atoms with Crippen molar-refractivity contribution < 1.29 is 0 Å². The number of anilines is 1. The number of benzene rings is 1. The van der Waals surface area contributed by atoms with Crippen molar-refractivity contribution in [1.29, 1.82) is 0 Å².